The number of urea groups is 1. The first kappa shape index (κ1) is 33.9. The monoisotopic (exact) mass is 642 g/mol. The van der Waals surface area contributed by atoms with Crippen LogP contribution in [0, 0.1) is 0 Å². The normalized spacial score (nSPS) is 11.2. The Morgan fingerprint density at radius 2 is 1.57 bits per heavy atom. The van der Waals surface area contributed by atoms with Crippen LogP contribution in [0.5, 0.6) is 0 Å². The number of hydrogen-bond acceptors (Lipinski definition) is 7. The molecule has 13 heteroatoms. The maximum absolute atomic E-state index is 13.0. The first-order valence-corrected chi connectivity index (χ1v) is 14.2. The highest BCUT2D eigenvalue weighted by molar-refractivity contribution is 6.39. The van der Waals surface area contributed by atoms with Crippen molar-refractivity contribution in [1.29, 1.82) is 0 Å². The molecule has 1 atom stereocenters. The van der Waals surface area contributed by atoms with Crippen molar-refractivity contribution in [1.82, 2.24) is 10.2 Å². The Balaban J connectivity index is 1.72. The third kappa shape index (κ3) is 9.45. The molecule has 0 unspecified atom stereocenters. The van der Waals surface area contributed by atoms with Crippen LogP contribution in [-0.4, -0.2) is 61.5 Å². The predicted octanol–water partition coefficient (Wildman–Crippen LogP) is 5.30. The Hall–Kier alpha value is -4.61. The molecular formula is C31H32Cl2N4O7. The molecule has 3 rings (SSSR count). The summed E-state index contributed by atoms with van der Waals surface area (Å²) in [5.74, 6) is -1.92. The van der Waals surface area contributed by atoms with Gasteiger partial charge in [0.2, 0.25) is 6.41 Å². The summed E-state index contributed by atoms with van der Waals surface area (Å²) in [5, 5.41) is 8.25. The van der Waals surface area contributed by atoms with Crippen LogP contribution < -0.4 is 16.0 Å². The topological polar surface area (TPSA) is 143 Å². The number of anilines is 2. The third-order valence-corrected chi connectivity index (χ3v) is 6.76. The number of ether oxygens (including phenoxy) is 2. The van der Waals surface area contributed by atoms with Crippen LogP contribution in [0.2, 0.25) is 10.0 Å². The SMILES string of the molecule is COC(=O)c1cc(CN(C)C=O)ccc1NC(=O)Nc1ccc(C[C@H](NC(=O)c2c(Cl)cccc2Cl)C(=O)OC(C)C)cc1. The number of carbonyl (C=O) groups is 5. The number of halogens is 2. The maximum Gasteiger partial charge on any atom is 0.339 e. The summed E-state index contributed by atoms with van der Waals surface area (Å²) in [4.78, 5) is 63.3. The van der Waals surface area contributed by atoms with Gasteiger partial charge in [0.25, 0.3) is 5.91 Å². The Bertz CT molecular complexity index is 1510. The summed E-state index contributed by atoms with van der Waals surface area (Å²) >= 11 is 12.3. The molecule has 3 N–H and O–H groups in total. The number of hydrogen-bond donors (Lipinski definition) is 3. The second-order valence-electron chi connectivity index (χ2n) is 9.98. The van der Waals surface area contributed by atoms with Gasteiger partial charge < -0.3 is 30.3 Å². The maximum atomic E-state index is 13.0. The van der Waals surface area contributed by atoms with Crippen molar-refractivity contribution >= 4 is 64.9 Å². The average molecular weight is 644 g/mol. The number of amides is 4. The molecule has 0 bridgehead atoms. The van der Waals surface area contributed by atoms with Crippen LogP contribution in [0.25, 0.3) is 0 Å². The molecule has 0 heterocycles. The van der Waals surface area contributed by atoms with E-state index in [0.29, 0.717) is 23.2 Å². The summed E-state index contributed by atoms with van der Waals surface area (Å²) in [5.41, 5.74) is 2.13. The lowest BCUT2D eigenvalue weighted by atomic mass is 10.0. The molecule has 4 amide bonds. The van der Waals surface area contributed by atoms with Gasteiger partial charge in [-0.1, -0.05) is 47.5 Å². The Labute approximate surface area is 264 Å². The number of rotatable bonds is 12. The summed E-state index contributed by atoms with van der Waals surface area (Å²) in [6.07, 6.45) is 0.330. The van der Waals surface area contributed by atoms with Crippen molar-refractivity contribution in [3.8, 4) is 0 Å². The molecule has 0 aromatic heterocycles. The van der Waals surface area contributed by atoms with Gasteiger partial charge in [-0.25, -0.2) is 14.4 Å². The van der Waals surface area contributed by atoms with E-state index in [1.165, 1.54) is 30.2 Å². The molecule has 0 spiro atoms. The molecule has 3 aromatic carbocycles. The predicted molar refractivity (Wildman–Crippen MR) is 167 cm³/mol. The van der Waals surface area contributed by atoms with Gasteiger partial charge >= 0.3 is 18.0 Å². The molecule has 0 radical (unpaired) electrons. The van der Waals surface area contributed by atoms with Gasteiger partial charge in [-0.15, -0.1) is 0 Å². The Morgan fingerprint density at radius 3 is 2.16 bits per heavy atom. The minimum atomic E-state index is -1.05. The van der Waals surface area contributed by atoms with Crippen molar-refractivity contribution in [2.75, 3.05) is 24.8 Å². The molecule has 0 saturated heterocycles. The fourth-order valence-electron chi connectivity index (χ4n) is 4.10. The van der Waals surface area contributed by atoms with E-state index < -0.39 is 36.0 Å². The van der Waals surface area contributed by atoms with E-state index >= 15 is 0 Å². The highest BCUT2D eigenvalue weighted by atomic mass is 35.5. The van der Waals surface area contributed by atoms with Crippen LogP contribution in [0.4, 0.5) is 16.2 Å². The van der Waals surface area contributed by atoms with Gasteiger partial charge in [0, 0.05) is 25.7 Å². The van der Waals surface area contributed by atoms with Crippen LogP contribution in [-0.2, 0) is 32.0 Å². The van der Waals surface area contributed by atoms with E-state index in [0.717, 1.165) is 0 Å². The van der Waals surface area contributed by atoms with Gasteiger partial charge in [-0.05, 0) is 61.4 Å². The minimum absolute atomic E-state index is 0.0436. The first-order chi connectivity index (χ1) is 20.9. The zero-order valence-corrected chi connectivity index (χ0v) is 26.0. The van der Waals surface area contributed by atoms with E-state index in [9.17, 15) is 24.0 Å². The lowest BCUT2D eigenvalue weighted by Crippen LogP contribution is -2.44. The third-order valence-electron chi connectivity index (χ3n) is 6.13. The molecule has 3 aromatic rings. The van der Waals surface area contributed by atoms with Crippen molar-refractivity contribution in [3.05, 3.63) is 93.0 Å². The van der Waals surface area contributed by atoms with Crippen molar-refractivity contribution in [3.63, 3.8) is 0 Å². The molecular weight excluding hydrogens is 611 g/mol. The standard InChI is InChI=1S/C31H32Cl2N4O7/c1-18(2)44-30(41)26(35-28(39)27-23(32)6-5-7-24(27)33)15-19-8-11-21(12-9-19)34-31(42)36-25-13-10-20(16-37(3)17-38)14-22(25)29(40)43-4/h5-14,17-18,26H,15-16H2,1-4H3,(H,35,39)(H2,34,36,42)/t26-/m0/s1. The molecule has 0 aliphatic heterocycles. The Kier molecular flexibility index (Phi) is 12.1. The molecule has 232 valence electrons. The molecule has 44 heavy (non-hydrogen) atoms. The second kappa shape index (κ2) is 15.7. The smallest absolute Gasteiger partial charge is 0.339 e. The molecule has 11 nitrogen and oxygen atoms in total. The van der Waals surface area contributed by atoms with Crippen LogP contribution >= 0.6 is 23.2 Å². The molecule has 0 aliphatic rings. The molecule has 0 aliphatic carbocycles. The van der Waals surface area contributed by atoms with Gasteiger partial charge in [0.05, 0.1) is 40.1 Å². The van der Waals surface area contributed by atoms with Gasteiger partial charge in [-0.2, -0.15) is 0 Å². The number of esters is 2. The lowest BCUT2D eigenvalue weighted by Gasteiger charge is -2.20. The number of benzene rings is 3. The van der Waals surface area contributed by atoms with E-state index in [1.54, 1.807) is 63.4 Å². The van der Waals surface area contributed by atoms with Crippen molar-refractivity contribution < 1.29 is 33.4 Å². The van der Waals surface area contributed by atoms with E-state index in [2.05, 4.69) is 16.0 Å². The van der Waals surface area contributed by atoms with E-state index in [4.69, 9.17) is 32.7 Å². The molecule has 0 saturated carbocycles. The van der Waals surface area contributed by atoms with Crippen LogP contribution in [0.1, 0.15) is 45.7 Å². The summed E-state index contributed by atoms with van der Waals surface area (Å²) in [7, 11) is 2.82. The zero-order chi connectivity index (χ0) is 32.4. The summed E-state index contributed by atoms with van der Waals surface area (Å²) in [6, 6.07) is 14.3. The Morgan fingerprint density at radius 1 is 0.932 bits per heavy atom. The highest BCUT2D eigenvalue weighted by Gasteiger charge is 2.26. The number of nitrogens with one attached hydrogen (secondary N) is 3. The number of nitrogens with zero attached hydrogens (tertiary/aromatic N) is 1. The van der Waals surface area contributed by atoms with Gasteiger partial charge in [-0.3, -0.25) is 9.59 Å². The fraction of sp³-hybridized carbons (Fsp3) is 0.258. The summed E-state index contributed by atoms with van der Waals surface area (Å²) < 4.78 is 10.2. The largest absolute Gasteiger partial charge is 0.465 e. The van der Waals surface area contributed by atoms with Crippen LogP contribution in [0.3, 0.4) is 0 Å². The van der Waals surface area contributed by atoms with Crippen molar-refractivity contribution in [2.45, 2.75) is 39.0 Å². The molecule has 0 fully saturated rings. The van der Waals surface area contributed by atoms with Gasteiger partial charge in [0.15, 0.2) is 0 Å². The fourth-order valence-corrected chi connectivity index (χ4v) is 4.67. The van der Waals surface area contributed by atoms with E-state index in [1.807, 2.05) is 0 Å². The lowest BCUT2D eigenvalue weighted by molar-refractivity contribution is -0.149. The average Bonchev–Trinajstić information content (AvgIpc) is 2.97. The van der Waals surface area contributed by atoms with Crippen LogP contribution in [0.15, 0.2) is 60.7 Å². The van der Waals surface area contributed by atoms with Gasteiger partial charge in [0.1, 0.15) is 6.04 Å². The van der Waals surface area contributed by atoms with Crippen molar-refractivity contribution in [2.24, 2.45) is 0 Å². The number of carbonyl (C=O) groups excluding carboxylic acids is 5. The quantitative estimate of drug-likeness (QED) is 0.180. The minimum Gasteiger partial charge on any atom is -0.465 e. The second-order valence-corrected chi connectivity index (χ2v) is 10.8. The zero-order valence-electron chi connectivity index (χ0n) is 24.5. The number of methoxy groups -OCH3 is 1. The highest BCUT2D eigenvalue weighted by Crippen LogP contribution is 2.25. The first-order valence-electron chi connectivity index (χ1n) is 13.4. The summed E-state index contributed by atoms with van der Waals surface area (Å²) in [6.45, 7) is 3.66. The van der Waals surface area contributed by atoms with E-state index in [-0.39, 0.29) is 39.8 Å².